The number of hydrogen-bond acceptors (Lipinski definition) is 3. The van der Waals surface area contributed by atoms with Crippen molar-refractivity contribution in [1.82, 2.24) is 0 Å². The average Bonchev–Trinajstić information content (AvgIpc) is 2.55. The summed E-state index contributed by atoms with van der Waals surface area (Å²) in [6, 6.07) is 18.0. The van der Waals surface area contributed by atoms with E-state index in [1.54, 1.807) is 11.8 Å². The van der Waals surface area contributed by atoms with Crippen LogP contribution in [0.3, 0.4) is 0 Å². The quantitative estimate of drug-likeness (QED) is 0.559. The maximum absolute atomic E-state index is 13.0. The Kier molecular flexibility index (Phi) is 5.30. The van der Waals surface area contributed by atoms with Crippen molar-refractivity contribution in [2.75, 3.05) is 17.7 Å². The van der Waals surface area contributed by atoms with E-state index in [-0.39, 0.29) is 5.78 Å². The Labute approximate surface area is 137 Å². The number of para-hydroxylation sites is 1. The van der Waals surface area contributed by atoms with E-state index in [0.29, 0.717) is 0 Å². The molecule has 2 aromatic rings. The number of nitrogens with zero attached hydrogens (tertiary/aromatic N) is 1. The molecule has 2 rings (SSSR count). The Morgan fingerprint density at radius 3 is 2.14 bits per heavy atom. The lowest BCUT2D eigenvalue weighted by Crippen LogP contribution is -2.50. The average molecular weight is 313 g/mol. The third-order valence-electron chi connectivity index (χ3n) is 3.97. The van der Waals surface area contributed by atoms with E-state index in [4.69, 9.17) is 0 Å². The van der Waals surface area contributed by atoms with Crippen LogP contribution in [0.2, 0.25) is 0 Å². The van der Waals surface area contributed by atoms with Crippen molar-refractivity contribution in [3.63, 3.8) is 0 Å². The number of hydrogen-bond donors (Lipinski definition) is 0. The Balaban J connectivity index is 2.32. The van der Waals surface area contributed by atoms with Crippen molar-refractivity contribution in [2.24, 2.45) is 0 Å². The van der Waals surface area contributed by atoms with Crippen molar-refractivity contribution in [3.05, 3.63) is 60.2 Å². The number of Topliss-reactive ketones (excluding diaryl/α,β-unsaturated/α-hetero) is 1. The summed E-state index contributed by atoms with van der Waals surface area (Å²) >= 11 is 1.68. The van der Waals surface area contributed by atoms with Crippen molar-refractivity contribution in [2.45, 2.75) is 31.2 Å². The number of ketones is 1. The van der Waals surface area contributed by atoms with Gasteiger partial charge in [-0.05, 0) is 51.3 Å². The molecule has 0 atom stereocenters. The van der Waals surface area contributed by atoms with E-state index in [1.807, 2.05) is 62.6 Å². The molecule has 0 saturated heterocycles. The van der Waals surface area contributed by atoms with Gasteiger partial charge in [0.1, 0.15) is 0 Å². The van der Waals surface area contributed by atoms with Crippen LogP contribution in [0.5, 0.6) is 0 Å². The fourth-order valence-electron chi connectivity index (χ4n) is 2.73. The molecule has 0 aliphatic heterocycles. The molecule has 0 N–H and O–H groups in total. The largest absolute Gasteiger partial charge is 0.359 e. The molecule has 22 heavy (non-hydrogen) atoms. The van der Waals surface area contributed by atoms with Gasteiger partial charge in [-0.25, -0.2) is 0 Å². The molecular formula is C19H23NOS. The highest BCUT2D eigenvalue weighted by Crippen LogP contribution is 2.27. The summed E-state index contributed by atoms with van der Waals surface area (Å²) in [5.74, 6) is 0.144. The minimum Gasteiger partial charge on any atom is -0.359 e. The van der Waals surface area contributed by atoms with Crippen LogP contribution in [0.15, 0.2) is 59.5 Å². The highest BCUT2D eigenvalue weighted by atomic mass is 32.2. The minimum atomic E-state index is -0.586. The zero-order chi connectivity index (χ0) is 16.2. The molecular weight excluding hydrogens is 290 g/mol. The predicted octanol–water partition coefficient (Wildman–Crippen LogP) is 4.90. The van der Waals surface area contributed by atoms with E-state index in [2.05, 4.69) is 24.0 Å². The van der Waals surface area contributed by atoms with Gasteiger partial charge < -0.3 is 4.90 Å². The zero-order valence-corrected chi connectivity index (χ0v) is 14.5. The molecule has 0 bridgehead atoms. The summed E-state index contributed by atoms with van der Waals surface area (Å²) in [5, 5.41) is 0. The predicted molar refractivity (Wildman–Crippen MR) is 96.1 cm³/mol. The maximum Gasteiger partial charge on any atom is 0.187 e. The first-order valence-electron chi connectivity index (χ1n) is 7.52. The summed E-state index contributed by atoms with van der Waals surface area (Å²) in [4.78, 5) is 16.3. The van der Waals surface area contributed by atoms with Gasteiger partial charge in [-0.2, -0.15) is 0 Å². The van der Waals surface area contributed by atoms with Gasteiger partial charge in [0.25, 0.3) is 0 Å². The van der Waals surface area contributed by atoms with E-state index in [9.17, 15) is 4.79 Å². The van der Waals surface area contributed by atoms with E-state index >= 15 is 0 Å². The fraction of sp³-hybridized carbons (Fsp3) is 0.316. The number of thioether (sulfide) groups is 1. The second kappa shape index (κ2) is 7.01. The standard InChI is InChI=1S/C19H23NOS/c1-5-20(16-9-7-6-8-10-16)19(2,3)18(21)15-11-13-17(22-4)14-12-15/h6-14H,5H2,1-4H3. The molecule has 0 fully saturated rings. The van der Waals surface area contributed by atoms with Gasteiger partial charge in [0.15, 0.2) is 5.78 Å². The van der Waals surface area contributed by atoms with Crippen LogP contribution >= 0.6 is 11.8 Å². The van der Waals surface area contributed by atoms with Gasteiger partial charge >= 0.3 is 0 Å². The molecule has 0 unspecified atom stereocenters. The van der Waals surface area contributed by atoms with Crippen LogP contribution < -0.4 is 4.90 Å². The summed E-state index contributed by atoms with van der Waals surface area (Å²) in [6.45, 7) is 6.85. The minimum absolute atomic E-state index is 0.144. The monoisotopic (exact) mass is 313 g/mol. The van der Waals surface area contributed by atoms with E-state index in [1.165, 1.54) is 4.90 Å². The topological polar surface area (TPSA) is 20.3 Å². The summed E-state index contributed by atoms with van der Waals surface area (Å²) in [7, 11) is 0. The van der Waals surface area contributed by atoms with Crippen molar-refractivity contribution in [3.8, 4) is 0 Å². The maximum atomic E-state index is 13.0. The SMILES string of the molecule is CCN(c1ccccc1)C(C)(C)C(=O)c1ccc(SC)cc1. The molecule has 0 radical (unpaired) electrons. The van der Waals surface area contributed by atoms with Gasteiger partial charge in [-0.1, -0.05) is 30.3 Å². The molecule has 0 aliphatic carbocycles. The molecule has 116 valence electrons. The van der Waals surface area contributed by atoms with Gasteiger partial charge in [-0.15, -0.1) is 11.8 Å². The summed E-state index contributed by atoms with van der Waals surface area (Å²) < 4.78 is 0. The van der Waals surface area contributed by atoms with Crippen molar-refractivity contribution >= 4 is 23.2 Å². The molecule has 0 aliphatic rings. The fourth-order valence-corrected chi connectivity index (χ4v) is 3.13. The van der Waals surface area contributed by atoms with E-state index in [0.717, 1.165) is 17.8 Å². The van der Waals surface area contributed by atoms with Crippen LogP contribution in [-0.2, 0) is 0 Å². The van der Waals surface area contributed by atoms with Gasteiger partial charge in [0.05, 0.1) is 5.54 Å². The second-order valence-corrected chi connectivity index (χ2v) is 6.58. The number of likely N-dealkylation sites (N-methyl/N-ethyl adjacent to an activating group) is 1. The van der Waals surface area contributed by atoms with Gasteiger partial charge in [0.2, 0.25) is 0 Å². The molecule has 2 nitrogen and oxygen atoms in total. The van der Waals surface area contributed by atoms with Crippen LogP contribution in [0, 0.1) is 0 Å². The normalized spacial score (nSPS) is 11.3. The first-order chi connectivity index (χ1) is 10.5. The third-order valence-corrected chi connectivity index (χ3v) is 4.71. The zero-order valence-electron chi connectivity index (χ0n) is 13.7. The molecule has 3 heteroatoms. The molecule has 0 aromatic heterocycles. The van der Waals surface area contributed by atoms with Crippen molar-refractivity contribution < 1.29 is 4.79 Å². The van der Waals surface area contributed by atoms with Crippen LogP contribution in [0.25, 0.3) is 0 Å². The number of anilines is 1. The Hall–Kier alpha value is -1.74. The molecule has 0 saturated carbocycles. The highest BCUT2D eigenvalue weighted by Gasteiger charge is 2.34. The Morgan fingerprint density at radius 2 is 1.64 bits per heavy atom. The lowest BCUT2D eigenvalue weighted by molar-refractivity contribution is 0.0907. The Bertz CT molecular complexity index is 620. The highest BCUT2D eigenvalue weighted by molar-refractivity contribution is 7.98. The summed E-state index contributed by atoms with van der Waals surface area (Å²) in [5.41, 5.74) is 1.25. The molecule has 0 spiro atoms. The van der Waals surface area contributed by atoms with Crippen LogP contribution in [0.1, 0.15) is 31.1 Å². The lowest BCUT2D eigenvalue weighted by atomic mass is 9.90. The molecule has 0 amide bonds. The second-order valence-electron chi connectivity index (χ2n) is 5.70. The number of carbonyl (C=O) groups excluding carboxylic acids is 1. The smallest absolute Gasteiger partial charge is 0.187 e. The molecule has 0 heterocycles. The van der Waals surface area contributed by atoms with Crippen molar-refractivity contribution in [1.29, 1.82) is 0 Å². The van der Waals surface area contributed by atoms with Crippen LogP contribution in [0.4, 0.5) is 5.69 Å². The van der Waals surface area contributed by atoms with Gasteiger partial charge in [0, 0.05) is 22.7 Å². The third kappa shape index (κ3) is 3.36. The van der Waals surface area contributed by atoms with Crippen LogP contribution in [-0.4, -0.2) is 24.1 Å². The Morgan fingerprint density at radius 1 is 1.05 bits per heavy atom. The van der Waals surface area contributed by atoms with E-state index < -0.39 is 5.54 Å². The number of carbonyl (C=O) groups is 1. The summed E-state index contributed by atoms with van der Waals surface area (Å²) in [6.07, 6.45) is 2.04. The first kappa shape index (κ1) is 16.6. The molecule has 2 aromatic carbocycles. The van der Waals surface area contributed by atoms with Gasteiger partial charge in [-0.3, -0.25) is 4.79 Å². The number of rotatable bonds is 6. The first-order valence-corrected chi connectivity index (χ1v) is 8.74. The lowest BCUT2D eigenvalue weighted by Gasteiger charge is -2.38. The number of benzene rings is 2.